The van der Waals surface area contributed by atoms with Gasteiger partial charge in [0.25, 0.3) is 0 Å². The van der Waals surface area contributed by atoms with Crippen LogP contribution in [-0.4, -0.2) is 32.5 Å². The van der Waals surface area contributed by atoms with Crippen LogP contribution in [0.3, 0.4) is 0 Å². The van der Waals surface area contributed by atoms with Crippen molar-refractivity contribution in [3.05, 3.63) is 29.6 Å². The molecule has 1 aromatic rings. The summed E-state index contributed by atoms with van der Waals surface area (Å²) in [5.41, 5.74) is -0.370. The molecule has 0 saturated carbocycles. The molecule has 0 fully saturated rings. The molecule has 0 bridgehead atoms. The summed E-state index contributed by atoms with van der Waals surface area (Å²) in [6.07, 6.45) is -3.99. The SMILES string of the molecule is O=C(O)C(O)C(O)c1cccc(F)c1O. The summed E-state index contributed by atoms with van der Waals surface area (Å²) in [5.74, 6) is -3.53. The highest BCUT2D eigenvalue weighted by Gasteiger charge is 2.27. The molecule has 2 unspecified atom stereocenters. The zero-order chi connectivity index (χ0) is 11.6. The minimum Gasteiger partial charge on any atom is -0.505 e. The zero-order valence-corrected chi connectivity index (χ0v) is 7.46. The van der Waals surface area contributed by atoms with Crippen LogP contribution in [0.2, 0.25) is 0 Å². The summed E-state index contributed by atoms with van der Waals surface area (Å²) in [7, 11) is 0. The molecule has 0 saturated heterocycles. The quantitative estimate of drug-likeness (QED) is 0.570. The van der Waals surface area contributed by atoms with Gasteiger partial charge >= 0.3 is 5.97 Å². The van der Waals surface area contributed by atoms with Gasteiger partial charge in [-0.1, -0.05) is 12.1 Å². The maximum Gasteiger partial charge on any atom is 0.335 e. The van der Waals surface area contributed by atoms with E-state index in [-0.39, 0.29) is 5.56 Å². The number of halogens is 1. The van der Waals surface area contributed by atoms with Crippen LogP contribution in [0, 0.1) is 5.82 Å². The molecule has 15 heavy (non-hydrogen) atoms. The second-order valence-corrected chi connectivity index (χ2v) is 2.91. The lowest BCUT2D eigenvalue weighted by Gasteiger charge is -2.15. The van der Waals surface area contributed by atoms with Crippen molar-refractivity contribution < 1.29 is 29.6 Å². The van der Waals surface area contributed by atoms with Crippen molar-refractivity contribution in [1.82, 2.24) is 0 Å². The third-order valence-electron chi connectivity index (χ3n) is 1.89. The normalized spacial score (nSPS) is 14.6. The molecule has 0 radical (unpaired) electrons. The summed E-state index contributed by atoms with van der Waals surface area (Å²) in [5, 5.41) is 35.8. The standard InChI is InChI=1S/C9H9FO5/c10-5-3-1-2-4(6(5)11)7(12)8(13)9(14)15/h1-3,7-8,11-13H,(H,14,15). The number of aliphatic hydroxyl groups is 2. The van der Waals surface area contributed by atoms with Crippen LogP contribution in [0.1, 0.15) is 11.7 Å². The van der Waals surface area contributed by atoms with Crippen molar-refractivity contribution in [3.63, 3.8) is 0 Å². The van der Waals surface area contributed by atoms with E-state index in [1.807, 2.05) is 0 Å². The highest BCUT2D eigenvalue weighted by atomic mass is 19.1. The van der Waals surface area contributed by atoms with Gasteiger partial charge in [-0.2, -0.15) is 0 Å². The van der Waals surface area contributed by atoms with Crippen LogP contribution >= 0.6 is 0 Å². The van der Waals surface area contributed by atoms with E-state index >= 15 is 0 Å². The number of carboxylic acid groups (broad SMARTS) is 1. The predicted molar refractivity (Wildman–Crippen MR) is 46.7 cm³/mol. The fourth-order valence-electron chi connectivity index (χ4n) is 1.08. The number of carbonyl (C=O) groups is 1. The Labute approximate surface area is 84.0 Å². The van der Waals surface area contributed by atoms with Gasteiger partial charge in [0.15, 0.2) is 17.7 Å². The molecule has 2 atom stereocenters. The summed E-state index contributed by atoms with van der Waals surface area (Å²) in [4.78, 5) is 10.3. The molecule has 0 aliphatic rings. The summed E-state index contributed by atoms with van der Waals surface area (Å²) in [6.45, 7) is 0. The van der Waals surface area contributed by atoms with E-state index in [1.165, 1.54) is 6.07 Å². The van der Waals surface area contributed by atoms with Gasteiger partial charge in [0.05, 0.1) is 0 Å². The smallest absolute Gasteiger partial charge is 0.335 e. The average molecular weight is 216 g/mol. The second kappa shape index (κ2) is 4.24. The van der Waals surface area contributed by atoms with Crippen LogP contribution in [0.5, 0.6) is 5.75 Å². The highest BCUT2D eigenvalue weighted by Crippen LogP contribution is 2.28. The molecule has 4 N–H and O–H groups in total. The Morgan fingerprint density at radius 2 is 1.93 bits per heavy atom. The molecule has 0 aliphatic carbocycles. The number of para-hydroxylation sites is 1. The van der Waals surface area contributed by atoms with Crippen molar-refractivity contribution >= 4 is 5.97 Å². The number of phenolic OH excluding ortho intramolecular Hbond substituents is 1. The molecular weight excluding hydrogens is 207 g/mol. The molecule has 1 rings (SSSR count). The highest BCUT2D eigenvalue weighted by molar-refractivity contribution is 5.73. The number of phenols is 1. The summed E-state index contributed by atoms with van der Waals surface area (Å²) in [6, 6.07) is 3.25. The fourth-order valence-corrected chi connectivity index (χ4v) is 1.08. The number of carboxylic acids is 1. The third-order valence-corrected chi connectivity index (χ3v) is 1.89. The molecule has 0 aliphatic heterocycles. The molecule has 0 amide bonds. The fraction of sp³-hybridized carbons (Fsp3) is 0.222. The third kappa shape index (κ3) is 2.23. The van der Waals surface area contributed by atoms with Gasteiger partial charge in [-0.05, 0) is 6.07 Å². The Balaban J connectivity index is 3.06. The first-order chi connectivity index (χ1) is 6.95. The number of aliphatic carboxylic acids is 1. The van der Waals surface area contributed by atoms with Crippen molar-refractivity contribution in [2.75, 3.05) is 0 Å². The van der Waals surface area contributed by atoms with Gasteiger partial charge in [-0.3, -0.25) is 0 Å². The van der Waals surface area contributed by atoms with E-state index in [1.54, 1.807) is 0 Å². The van der Waals surface area contributed by atoms with E-state index in [0.29, 0.717) is 0 Å². The molecule has 1 aromatic carbocycles. The lowest BCUT2D eigenvalue weighted by molar-refractivity contribution is -0.153. The molecular formula is C9H9FO5. The van der Waals surface area contributed by atoms with Crippen LogP contribution in [0.4, 0.5) is 4.39 Å². The second-order valence-electron chi connectivity index (χ2n) is 2.91. The van der Waals surface area contributed by atoms with E-state index in [2.05, 4.69) is 0 Å². The number of hydrogen-bond acceptors (Lipinski definition) is 4. The monoisotopic (exact) mass is 216 g/mol. The lowest BCUT2D eigenvalue weighted by Crippen LogP contribution is -2.27. The van der Waals surface area contributed by atoms with Crippen molar-refractivity contribution in [2.24, 2.45) is 0 Å². The number of hydrogen-bond donors (Lipinski definition) is 4. The molecule has 0 heterocycles. The molecule has 82 valence electrons. The first-order valence-electron chi connectivity index (χ1n) is 4.01. The maximum absolute atomic E-state index is 12.8. The Bertz CT molecular complexity index is 379. The summed E-state index contributed by atoms with van der Waals surface area (Å²) < 4.78 is 12.8. The average Bonchev–Trinajstić information content (AvgIpc) is 2.20. The van der Waals surface area contributed by atoms with E-state index < -0.39 is 29.7 Å². The minimum absolute atomic E-state index is 0.370. The predicted octanol–water partition coefficient (Wildman–Crippen LogP) is 0.0102. The Morgan fingerprint density at radius 1 is 1.33 bits per heavy atom. The zero-order valence-electron chi connectivity index (χ0n) is 7.46. The minimum atomic E-state index is -2.11. The number of aromatic hydroxyl groups is 1. The van der Waals surface area contributed by atoms with Crippen molar-refractivity contribution in [2.45, 2.75) is 12.2 Å². The maximum atomic E-state index is 12.8. The van der Waals surface area contributed by atoms with E-state index in [0.717, 1.165) is 12.1 Å². The Morgan fingerprint density at radius 3 is 2.47 bits per heavy atom. The van der Waals surface area contributed by atoms with E-state index in [4.69, 9.17) is 15.3 Å². The number of rotatable bonds is 3. The van der Waals surface area contributed by atoms with Gasteiger partial charge in [0, 0.05) is 5.56 Å². The lowest BCUT2D eigenvalue weighted by atomic mass is 10.0. The van der Waals surface area contributed by atoms with Gasteiger partial charge in [0.2, 0.25) is 0 Å². The van der Waals surface area contributed by atoms with Gasteiger partial charge in [-0.25, -0.2) is 9.18 Å². The van der Waals surface area contributed by atoms with E-state index in [9.17, 15) is 14.3 Å². The van der Waals surface area contributed by atoms with Crippen LogP contribution in [0.25, 0.3) is 0 Å². The van der Waals surface area contributed by atoms with Crippen molar-refractivity contribution in [1.29, 1.82) is 0 Å². The Hall–Kier alpha value is -1.66. The molecule has 0 spiro atoms. The van der Waals surface area contributed by atoms with Crippen LogP contribution in [0.15, 0.2) is 18.2 Å². The molecule has 6 heteroatoms. The van der Waals surface area contributed by atoms with Crippen LogP contribution in [-0.2, 0) is 4.79 Å². The number of benzene rings is 1. The first kappa shape index (κ1) is 11.4. The largest absolute Gasteiger partial charge is 0.505 e. The van der Waals surface area contributed by atoms with Crippen LogP contribution < -0.4 is 0 Å². The van der Waals surface area contributed by atoms with Gasteiger partial charge in [-0.15, -0.1) is 0 Å². The topological polar surface area (TPSA) is 98.0 Å². The van der Waals surface area contributed by atoms with Crippen molar-refractivity contribution in [3.8, 4) is 5.75 Å². The summed E-state index contributed by atoms with van der Waals surface area (Å²) >= 11 is 0. The van der Waals surface area contributed by atoms with Gasteiger partial charge < -0.3 is 20.4 Å². The molecule has 0 aromatic heterocycles. The number of aliphatic hydroxyl groups excluding tert-OH is 2. The molecule has 5 nitrogen and oxygen atoms in total. The Kier molecular flexibility index (Phi) is 3.23. The first-order valence-corrected chi connectivity index (χ1v) is 4.01. The van der Waals surface area contributed by atoms with Gasteiger partial charge in [0.1, 0.15) is 6.10 Å².